The molecule has 5 rings (SSSR count). The lowest BCUT2D eigenvalue weighted by Gasteiger charge is -2.44. The monoisotopic (exact) mass is 627 g/mol. The molecule has 44 heavy (non-hydrogen) atoms. The molecule has 10 heteroatoms. The number of halogens is 3. The highest BCUT2D eigenvalue weighted by molar-refractivity contribution is 7.91. The number of nitrogens with two attached hydrogens (primary N) is 1. The maximum Gasteiger partial charge on any atom is 0.416 e. The lowest BCUT2D eigenvalue weighted by atomic mass is 9.86. The number of nitrogens with zero attached hydrogens (tertiary/aromatic N) is 2. The van der Waals surface area contributed by atoms with Crippen molar-refractivity contribution >= 4 is 21.4 Å². The van der Waals surface area contributed by atoms with Crippen molar-refractivity contribution in [3.63, 3.8) is 0 Å². The van der Waals surface area contributed by atoms with Gasteiger partial charge in [-0.25, -0.2) is 8.42 Å². The van der Waals surface area contributed by atoms with E-state index >= 15 is 0 Å². The molecule has 1 amide bonds. The lowest BCUT2D eigenvalue weighted by molar-refractivity contribution is -0.137. The summed E-state index contributed by atoms with van der Waals surface area (Å²) in [6.07, 6.45) is 1.38. The number of likely N-dealkylation sites (tertiary alicyclic amines) is 1. The number of rotatable bonds is 9. The van der Waals surface area contributed by atoms with Crippen molar-refractivity contribution in [3.05, 3.63) is 94.5 Å². The Morgan fingerprint density at radius 3 is 2.23 bits per heavy atom. The molecule has 2 atom stereocenters. The van der Waals surface area contributed by atoms with Crippen LogP contribution in [0.1, 0.15) is 77.6 Å². The van der Waals surface area contributed by atoms with Crippen LogP contribution < -0.4 is 10.6 Å². The Balaban J connectivity index is 1.45. The second-order valence-electron chi connectivity index (χ2n) is 12.0. The summed E-state index contributed by atoms with van der Waals surface area (Å²) < 4.78 is 64.2. The Bertz CT molecular complexity index is 1550. The highest BCUT2D eigenvalue weighted by Gasteiger charge is 2.33. The average Bonchev–Trinajstić information content (AvgIpc) is 3.01. The van der Waals surface area contributed by atoms with Crippen LogP contribution in [-0.4, -0.2) is 57.2 Å². The molecular weight excluding hydrogens is 587 g/mol. The van der Waals surface area contributed by atoms with Crippen LogP contribution in [0.25, 0.3) is 0 Å². The summed E-state index contributed by atoms with van der Waals surface area (Å²) >= 11 is 0. The number of piperidine rings is 2. The minimum Gasteiger partial charge on any atom is -0.367 e. The van der Waals surface area contributed by atoms with Crippen molar-refractivity contribution in [2.75, 3.05) is 36.8 Å². The van der Waals surface area contributed by atoms with Crippen LogP contribution in [0.5, 0.6) is 0 Å². The van der Waals surface area contributed by atoms with Crippen LogP contribution in [0.15, 0.2) is 71.6 Å². The Labute approximate surface area is 258 Å². The molecule has 0 saturated carbocycles. The van der Waals surface area contributed by atoms with Crippen molar-refractivity contribution in [1.29, 1.82) is 0 Å². The summed E-state index contributed by atoms with van der Waals surface area (Å²) in [6.45, 7) is 5.27. The summed E-state index contributed by atoms with van der Waals surface area (Å²) in [6, 6.07) is 18.1. The predicted molar refractivity (Wildman–Crippen MR) is 167 cm³/mol. The van der Waals surface area contributed by atoms with Crippen LogP contribution in [0.4, 0.5) is 18.9 Å². The largest absolute Gasteiger partial charge is 0.416 e. The number of sulfone groups is 1. The number of amides is 1. The normalized spacial score (nSPS) is 20.0. The molecule has 2 fully saturated rings. The molecule has 0 spiro atoms. The predicted octanol–water partition coefficient (Wildman–Crippen LogP) is 6.43. The van der Waals surface area contributed by atoms with Gasteiger partial charge in [-0.2, -0.15) is 13.2 Å². The van der Waals surface area contributed by atoms with E-state index in [-0.39, 0.29) is 22.6 Å². The van der Waals surface area contributed by atoms with Gasteiger partial charge in [-0.05, 0) is 104 Å². The number of primary amides is 1. The van der Waals surface area contributed by atoms with Gasteiger partial charge in [0, 0.05) is 36.3 Å². The minimum absolute atomic E-state index is 0.0160. The second kappa shape index (κ2) is 13.3. The van der Waals surface area contributed by atoms with Crippen LogP contribution >= 0.6 is 0 Å². The van der Waals surface area contributed by atoms with Gasteiger partial charge in [0.1, 0.15) is 0 Å². The standard InChI is InChI=1S/C34H40F3N3O3S/c1-2-44(42,43)31-15-6-24(7-16-31)20-27-21-29(14-17-32(27)33(38)41)40-22-26(25-8-11-28(12-9-25)34(35,36)37)10-13-30(40)23-39-18-4-3-5-19-39/h6-9,11-12,14-17,21,26,30H,2-5,10,13,18-20,22-23H2,1H3,(H2,38,41)/t26?,30-/m0/s1. The lowest BCUT2D eigenvalue weighted by Crippen LogP contribution is -2.50. The number of carbonyl (C=O) groups is 1. The molecule has 236 valence electrons. The fourth-order valence-corrected chi connectivity index (χ4v) is 7.42. The number of hydrogen-bond donors (Lipinski definition) is 1. The molecule has 0 aliphatic carbocycles. The summed E-state index contributed by atoms with van der Waals surface area (Å²) in [5, 5.41) is 0. The SMILES string of the molecule is CCS(=O)(=O)c1ccc(Cc2cc(N3CC(c4ccc(C(F)(F)F)cc4)CC[C@H]3CN3CCCCC3)ccc2C(N)=O)cc1. The topological polar surface area (TPSA) is 83.7 Å². The molecule has 6 nitrogen and oxygen atoms in total. The average molecular weight is 628 g/mol. The first-order valence-corrected chi connectivity index (χ1v) is 17.0. The maximum absolute atomic E-state index is 13.2. The van der Waals surface area contributed by atoms with E-state index in [0.29, 0.717) is 18.5 Å². The first-order valence-electron chi connectivity index (χ1n) is 15.3. The van der Waals surface area contributed by atoms with Crippen LogP contribution in [-0.2, 0) is 22.4 Å². The molecule has 3 aromatic rings. The van der Waals surface area contributed by atoms with Gasteiger partial charge in [0.15, 0.2) is 9.84 Å². The van der Waals surface area contributed by atoms with Crippen LogP contribution in [0.2, 0.25) is 0 Å². The molecule has 2 aliphatic heterocycles. The quantitative estimate of drug-likeness (QED) is 0.296. The van der Waals surface area contributed by atoms with Gasteiger partial charge in [-0.1, -0.05) is 37.6 Å². The molecule has 2 heterocycles. The third kappa shape index (κ3) is 7.46. The van der Waals surface area contributed by atoms with Crippen molar-refractivity contribution in [3.8, 4) is 0 Å². The molecular formula is C34H40F3N3O3S. The number of alkyl halides is 3. The first-order chi connectivity index (χ1) is 20.9. The zero-order chi connectivity index (χ0) is 31.5. The fourth-order valence-electron chi connectivity index (χ4n) is 6.54. The summed E-state index contributed by atoms with van der Waals surface area (Å²) in [7, 11) is -3.33. The molecule has 1 unspecified atom stereocenters. The Hall–Kier alpha value is -3.37. The van der Waals surface area contributed by atoms with E-state index in [1.54, 1.807) is 49.4 Å². The Morgan fingerprint density at radius 1 is 0.932 bits per heavy atom. The van der Waals surface area contributed by atoms with Crippen molar-refractivity contribution in [1.82, 2.24) is 4.90 Å². The van der Waals surface area contributed by atoms with Crippen molar-refractivity contribution < 1.29 is 26.4 Å². The highest BCUT2D eigenvalue weighted by Crippen LogP contribution is 2.37. The Morgan fingerprint density at radius 2 is 1.61 bits per heavy atom. The maximum atomic E-state index is 13.2. The molecule has 2 aliphatic rings. The van der Waals surface area contributed by atoms with Gasteiger partial charge in [-0.3, -0.25) is 4.79 Å². The fraction of sp³-hybridized carbons (Fsp3) is 0.441. The van der Waals surface area contributed by atoms with Gasteiger partial charge < -0.3 is 15.5 Å². The third-order valence-corrected chi connectivity index (χ3v) is 10.8. The number of hydrogen-bond acceptors (Lipinski definition) is 5. The first kappa shape index (κ1) is 32.0. The van der Waals surface area contributed by atoms with E-state index < -0.39 is 27.5 Å². The number of carbonyl (C=O) groups excluding carboxylic acids is 1. The third-order valence-electron chi connectivity index (χ3n) is 9.08. The van der Waals surface area contributed by atoms with Crippen LogP contribution in [0, 0.1) is 0 Å². The second-order valence-corrected chi connectivity index (χ2v) is 14.3. The van der Waals surface area contributed by atoms with E-state index in [1.165, 1.54) is 19.3 Å². The number of benzene rings is 3. The van der Waals surface area contributed by atoms with Gasteiger partial charge in [0.25, 0.3) is 0 Å². The molecule has 0 aromatic heterocycles. The van der Waals surface area contributed by atoms with Crippen molar-refractivity contribution in [2.24, 2.45) is 5.73 Å². The van der Waals surface area contributed by atoms with Crippen LogP contribution in [0.3, 0.4) is 0 Å². The van der Waals surface area contributed by atoms with Gasteiger partial charge >= 0.3 is 6.18 Å². The van der Waals surface area contributed by atoms with Gasteiger partial charge in [-0.15, -0.1) is 0 Å². The number of anilines is 1. The molecule has 0 radical (unpaired) electrons. The van der Waals surface area contributed by atoms with E-state index in [4.69, 9.17) is 5.73 Å². The molecule has 2 N–H and O–H groups in total. The van der Waals surface area contributed by atoms with Gasteiger partial charge in [0.2, 0.25) is 5.91 Å². The van der Waals surface area contributed by atoms with E-state index in [2.05, 4.69) is 9.80 Å². The molecule has 2 saturated heterocycles. The highest BCUT2D eigenvalue weighted by atomic mass is 32.2. The zero-order valence-electron chi connectivity index (χ0n) is 25.0. The van der Waals surface area contributed by atoms with Gasteiger partial charge in [0.05, 0.1) is 16.2 Å². The summed E-state index contributed by atoms with van der Waals surface area (Å²) in [5.41, 5.74) is 8.95. The molecule has 3 aromatic carbocycles. The minimum atomic E-state index is -4.38. The zero-order valence-corrected chi connectivity index (χ0v) is 25.8. The van der Waals surface area contributed by atoms with E-state index in [0.717, 1.165) is 67.0 Å². The smallest absolute Gasteiger partial charge is 0.367 e. The summed E-state index contributed by atoms with van der Waals surface area (Å²) in [5.74, 6) is -0.465. The molecule has 0 bridgehead atoms. The van der Waals surface area contributed by atoms with Crippen molar-refractivity contribution in [2.45, 2.75) is 68.5 Å². The Kier molecular flexibility index (Phi) is 9.70. The summed E-state index contributed by atoms with van der Waals surface area (Å²) in [4.78, 5) is 17.5. The van der Waals surface area contributed by atoms with E-state index in [1.807, 2.05) is 12.1 Å². The van der Waals surface area contributed by atoms with E-state index in [9.17, 15) is 26.4 Å².